The minimum atomic E-state index is -0.203. The summed E-state index contributed by atoms with van der Waals surface area (Å²) in [7, 11) is 0. The molecule has 30 heavy (non-hydrogen) atoms. The molecule has 1 saturated carbocycles. The Labute approximate surface area is 176 Å². The van der Waals surface area contributed by atoms with Crippen molar-refractivity contribution in [3.8, 4) is 0 Å². The number of hydrogen-bond acceptors (Lipinski definition) is 4. The molecule has 8 heteroatoms. The van der Waals surface area contributed by atoms with E-state index in [2.05, 4.69) is 15.4 Å². The summed E-state index contributed by atoms with van der Waals surface area (Å²) in [5, 5.41) is 5.95. The van der Waals surface area contributed by atoms with Crippen molar-refractivity contribution in [2.24, 2.45) is 5.92 Å². The van der Waals surface area contributed by atoms with E-state index in [1.807, 2.05) is 18.7 Å². The number of hydrogen-bond donors (Lipinski definition) is 2. The summed E-state index contributed by atoms with van der Waals surface area (Å²) in [5.41, 5.74) is 2.83. The molecular weight excluding hydrogens is 382 g/mol. The van der Waals surface area contributed by atoms with E-state index in [-0.39, 0.29) is 35.8 Å². The van der Waals surface area contributed by atoms with Gasteiger partial charge in [0.25, 0.3) is 5.56 Å². The van der Waals surface area contributed by atoms with E-state index in [1.54, 1.807) is 4.52 Å². The summed E-state index contributed by atoms with van der Waals surface area (Å²) in [6, 6.07) is 1.62. The van der Waals surface area contributed by atoms with Crippen LogP contribution in [0.2, 0.25) is 0 Å². The molecule has 8 nitrogen and oxygen atoms in total. The number of likely N-dealkylation sites (tertiary alicyclic amines) is 1. The minimum Gasteiger partial charge on any atom is -0.353 e. The summed E-state index contributed by atoms with van der Waals surface area (Å²) in [6.45, 7) is 5.08. The lowest BCUT2D eigenvalue weighted by Gasteiger charge is -2.33. The van der Waals surface area contributed by atoms with Crippen LogP contribution in [0, 0.1) is 19.8 Å². The van der Waals surface area contributed by atoms with Crippen molar-refractivity contribution in [3.63, 3.8) is 0 Å². The Morgan fingerprint density at radius 3 is 2.53 bits per heavy atom. The van der Waals surface area contributed by atoms with Gasteiger partial charge >= 0.3 is 0 Å². The number of carbonyl (C=O) groups excluding carboxylic acids is 2. The van der Waals surface area contributed by atoms with Crippen molar-refractivity contribution in [2.75, 3.05) is 13.1 Å². The van der Waals surface area contributed by atoms with Crippen molar-refractivity contribution < 1.29 is 9.59 Å². The van der Waals surface area contributed by atoms with Crippen LogP contribution in [0.5, 0.6) is 0 Å². The van der Waals surface area contributed by atoms with Gasteiger partial charge in [0, 0.05) is 48.1 Å². The number of amides is 2. The number of aromatic amines is 1. The Morgan fingerprint density at radius 1 is 1.13 bits per heavy atom. The van der Waals surface area contributed by atoms with Crippen LogP contribution in [-0.2, 0) is 16.0 Å². The number of aryl methyl sites for hydroxylation is 2. The highest BCUT2D eigenvalue weighted by molar-refractivity contribution is 5.80. The van der Waals surface area contributed by atoms with E-state index in [4.69, 9.17) is 0 Å². The third-order valence-electron chi connectivity index (χ3n) is 6.70. The maximum atomic E-state index is 12.9. The Morgan fingerprint density at radius 2 is 1.83 bits per heavy atom. The number of carbonyl (C=O) groups is 2. The van der Waals surface area contributed by atoms with Gasteiger partial charge in [-0.2, -0.15) is 0 Å². The Hall–Kier alpha value is -2.64. The first kappa shape index (κ1) is 20.6. The molecule has 0 radical (unpaired) electrons. The third-order valence-corrected chi connectivity index (χ3v) is 6.70. The lowest BCUT2D eigenvalue weighted by Crippen LogP contribution is -2.48. The van der Waals surface area contributed by atoms with Crippen molar-refractivity contribution in [1.82, 2.24) is 24.8 Å². The van der Waals surface area contributed by atoms with Crippen LogP contribution >= 0.6 is 0 Å². The fourth-order valence-corrected chi connectivity index (χ4v) is 4.83. The van der Waals surface area contributed by atoms with Crippen LogP contribution in [0.3, 0.4) is 0 Å². The van der Waals surface area contributed by atoms with Gasteiger partial charge in [-0.3, -0.25) is 19.5 Å². The zero-order valence-electron chi connectivity index (χ0n) is 17.9. The summed E-state index contributed by atoms with van der Waals surface area (Å²) >= 11 is 0. The zero-order valence-corrected chi connectivity index (χ0v) is 17.9. The van der Waals surface area contributed by atoms with Crippen LogP contribution in [-0.4, -0.2) is 50.4 Å². The molecule has 1 aliphatic carbocycles. The summed E-state index contributed by atoms with van der Waals surface area (Å²) in [5.74, 6) is 0.437. The number of fused-ring (bicyclic) bond motifs is 1. The first-order valence-corrected chi connectivity index (χ1v) is 11.1. The summed E-state index contributed by atoms with van der Waals surface area (Å²) in [6.07, 6.45) is 7.42. The topological polar surface area (TPSA) is 99.6 Å². The second-order valence-electron chi connectivity index (χ2n) is 8.75. The third kappa shape index (κ3) is 4.27. The molecule has 2 aromatic rings. The molecule has 2 aliphatic rings. The van der Waals surface area contributed by atoms with Gasteiger partial charge in [-0.05, 0) is 39.5 Å². The van der Waals surface area contributed by atoms with E-state index in [0.717, 1.165) is 55.5 Å². The first-order valence-electron chi connectivity index (χ1n) is 11.1. The molecule has 2 aromatic heterocycles. The van der Waals surface area contributed by atoms with E-state index >= 15 is 0 Å². The second-order valence-corrected chi connectivity index (χ2v) is 8.75. The van der Waals surface area contributed by atoms with Gasteiger partial charge < -0.3 is 10.2 Å². The molecule has 162 valence electrons. The summed E-state index contributed by atoms with van der Waals surface area (Å²) in [4.78, 5) is 43.4. The van der Waals surface area contributed by atoms with Crippen molar-refractivity contribution >= 4 is 17.5 Å². The quantitative estimate of drug-likeness (QED) is 0.799. The van der Waals surface area contributed by atoms with Crippen molar-refractivity contribution in [2.45, 2.75) is 71.3 Å². The predicted octanol–water partition coefficient (Wildman–Crippen LogP) is 1.87. The van der Waals surface area contributed by atoms with Gasteiger partial charge in [0.05, 0.1) is 6.42 Å². The zero-order chi connectivity index (χ0) is 21.3. The fraction of sp³-hybridized carbons (Fsp3) is 0.636. The van der Waals surface area contributed by atoms with Gasteiger partial charge in [0.1, 0.15) is 0 Å². The number of piperidine rings is 1. The monoisotopic (exact) mass is 413 g/mol. The number of rotatable bonds is 4. The van der Waals surface area contributed by atoms with Crippen LogP contribution in [0.25, 0.3) is 5.65 Å². The van der Waals surface area contributed by atoms with Crippen molar-refractivity contribution in [1.29, 1.82) is 0 Å². The Kier molecular flexibility index (Phi) is 5.92. The minimum absolute atomic E-state index is 0.0638. The molecule has 0 spiro atoms. The molecule has 1 aliphatic heterocycles. The largest absolute Gasteiger partial charge is 0.353 e. The van der Waals surface area contributed by atoms with Gasteiger partial charge in [-0.15, -0.1) is 0 Å². The predicted molar refractivity (Wildman–Crippen MR) is 113 cm³/mol. The van der Waals surface area contributed by atoms with Gasteiger partial charge in [-0.25, -0.2) is 9.50 Å². The molecule has 0 bridgehead atoms. The van der Waals surface area contributed by atoms with Crippen LogP contribution < -0.4 is 10.9 Å². The highest BCUT2D eigenvalue weighted by Gasteiger charge is 2.28. The Balaban J connectivity index is 1.34. The van der Waals surface area contributed by atoms with Crippen molar-refractivity contribution in [3.05, 3.63) is 33.4 Å². The molecule has 4 rings (SSSR count). The molecule has 0 atom stereocenters. The van der Waals surface area contributed by atoms with E-state index in [9.17, 15) is 14.4 Å². The maximum absolute atomic E-state index is 12.9. The van der Waals surface area contributed by atoms with E-state index in [0.29, 0.717) is 18.7 Å². The highest BCUT2D eigenvalue weighted by atomic mass is 16.2. The second kappa shape index (κ2) is 8.62. The summed E-state index contributed by atoms with van der Waals surface area (Å²) < 4.78 is 1.64. The molecular formula is C22H31N5O3. The SMILES string of the molecule is Cc1nc2cc(=O)[nH]n2c(C)c1CC(=O)N1CCC(NC(=O)C2CCCCC2)CC1. The average molecular weight is 414 g/mol. The van der Waals surface area contributed by atoms with Gasteiger partial charge in [-0.1, -0.05) is 19.3 Å². The van der Waals surface area contributed by atoms with Crippen LogP contribution in [0.15, 0.2) is 10.9 Å². The smallest absolute Gasteiger partial charge is 0.266 e. The normalized spacial score (nSPS) is 18.7. The van der Waals surface area contributed by atoms with Crippen LogP contribution in [0.1, 0.15) is 61.9 Å². The maximum Gasteiger partial charge on any atom is 0.266 e. The fourth-order valence-electron chi connectivity index (χ4n) is 4.83. The van der Waals surface area contributed by atoms with Gasteiger partial charge in [0.15, 0.2) is 5.65 Å². The average Bonchev–Trinajstić information content (AvgIpc) is 3.12. The first-order chi connectivity index (χ1) is 14.4. The van der Waals surface area contributed by atoms with Crippen LogP contribution in [0.4, 0.5) is 0 Å². The Bertz CT molecular complexity index is 994. The highest BCUT2D eigenvalue weighted by Crippen LogP contribution is 2.24. The number of H-pyrrole nitrogens is 1. The molecule has 3 heterocycles. The number of aromatic nitrogens is 3. The van der Waals surface area contributed by atoms with Gasteiger partial charge in [0.2, 0.25) is 11.8 Å². The molecule has 2 N–H and O–H groups in total. The number of nitrogens with one attached hydrogen (secondary N) is 2. The van der Waals surface area contributed by atoms with E-state index < -0.39 is 0 Å². The molecule has 1 saturated heterocycles. The lowest BCUT2D eigenvalue weighted by atomic mass is 9.88. The lowest BCUT2D eigenvalue weighted by molar-refractivity contribution is -0.132. The molecule has 0 unspecified atom stereocenters. The standard InChI is InChI=1S/C22H31N5O3/c1-14-18(15(2)27-19(23-14)13-20(28)25-27)12-21(29)26-10-8-17(9-11-26)24-22(30)16-6-4-3-5-7-16/h13,16-17H,3-12H2,1-2H3,(H,24,30)(H,25,28). The number of nitrogens with zero attached hydrogens (tertiary/aromatic N) is 3. The molecule has 0 aromatic carbocycles. The molecule has 2 fully saturated rings. The molecule has 2 amide bonds. The van der Waals surface area contributed by atoms with E-state index in [1.165, 1.54) is 12.5 Å².